The van der Waals surface area contributed by atoms with E-state index in [0.29, 0.717) is 0 Å². The lowest BCUT2D eigenvalue weighted by atomic mass is 10.3. The number of nitro groups is 1. The van der Waals surface area contributed by atoms with Gasteiger partial charge in [0.15, 0.2) is 0 Å². The molecular formula is C8H9ClN2O6S2. The molecule has 1 heterocycles. The first kappa shape index (κ1) is 15.8. The Bertz CT molecular complexity index is 713. The number of halogens is 1. The molecule has 1 rings (SSSR count). The minimum Gasteiger partial charge on any atom is -0.258 e. The predicted molar refractivity (Wildman–Crippen MR) is 67.3 cm³/mol. The normalized spacial score (nSPS) is 12.3. The highest BCUT2D eigenvalue weighted by Gasteiger charge is 2.29. The van der Waals surface area contributed by atoms with E-state index in [9.17, 15) is 26.9 Å². The van der Waals surface area contributed by atoms with Gasteiger partial charge < -0.3 is 0 Å². The Morgan fingerprint density at radius 2 is 1.84 bits per heavy atom. The fourth-order valence-corrected chi connectivity index (χ4v) is 4.38. The van der Waals surface area contributed by atoms with Crippen molar-refractivity contribution in [2.75, 3.05) is 11.5 Å². The van der Waals surface area contributed by atoms with Crippen LogP contribution in [-0.4, -0.2) is 38.2 Å². The second-order valence-electron chi connectivity index (χ2n) is 3.60. The number of rotatable bonds is 5. The highest BCUT2D eigenvalue weighted by molar-refractivity contribution is 8.14. The van der Waals surface area contributed by atoms with Crippen LogP contribution in [0.1, 0.15) is 5.69 Å². The zero-order valence-electron chi connectivity index (χ0n) is 9.61. The number of aryl methyl sites for hydroxylation is 1. The molecule has 0 fully saturated rings. The van der Waals surface area contributed by atoms with Gasteiger partial charge in [-0.1, -0.05) is 0 Å². The van der Waals surface area contributed by atoms with Crippen LogP contribution < -0.4 is 0 Å². The molecule has 0 aromatic carbocycles. The van der Waals surface area contributed by atoms with Crippen LogP contribution in [0.15, 0.2) is 17.2 Å². The minimum absolute atomic E-state index is 0.262. The molecule has 0 saturated carbocycles. The zero-order valence-corrected chi connectivity index (χ0v) is 12.0. The van der Waals surface area contributed by atoms with E-state index in [2.05, 4.69) is 4.98 Å². The molecule has 0 bridgehead atoms. The Kier molecular flexibility index (Phi) is 4.48. The summed E-state index contributed by atoms with van der Waals surface area (Å²) >= 11 is 0. The number of nitrogens with zero attached hydrogens (tertiary/aromatic N) is 2. The summed E-state index contributed by atoms with van der Waals surface area (Å²) in [5, 5.41) is 9.99. The minimum atomic E-state index is -4.21. The lowest BCUT2D eigenvalue weighted by Gasteiger charge is -2.04. The first-order valence-electron chi connectivity index (χ1n) is 4.80. The zero-order chi connectivity index (χ0) is 14.8. The summed E-state index contributed by atoms with van der Waals surface area (Å²) in [6.07, 6.45) is 0. The smallest absolute Gasteiger partial charge is 0.258 e. The molecule has 106 valence electrons. The number of hydrogen-bond acceptors (Lipinski definition) is 7. The van der Waals surface area contributed by atoms with Crippen molar-refractivity contribution in [3.05, 3.63) is 27.9 Å². The highest BCUT2D eigenvalue weighted by atomic mass is 35.7. The van der Waals surface area contributed by atoms with Crippen molar-refractivity contribution in [3.8, 4) is 0 Å². The molecular weight excluding hydrogens is 320 g/mol. The molecule has 19 heavy (non-hydrogen) atoms. The van der Waals surface area contributed by atoms with Crippen LogP contribution in [0.2, 0.25) is 0 Å². The quantitative estimate of drug-likeness (QED) is 0.441. The second-order valence-corrected chi connectivity index (χ2v) is 8.52. The maximum Gasteiger partial charge on any atom is 0.306 e. The molecule has 0 N–H and O–H groups in total. The Hall–Kier alpha value is -1.26. The Morgan fingerprint density at radius 1 is 1.26 bits per heavy atom. The lowest BCUT2D eigenvalue weighted by molar-refractivity contribution is -0.388. The number of aromatic nitrogens is 1. The lowest BCUT2D eigenvalue weighted by Crippen LogP contribution is -2.17. The molecule has 0 aliphatic carbocycles. The molecule has 0 saturated heterocycles. The molecule has 0 amide bonds. The summed E-state index contributed by atoms with van der Waals surface area (Å²) in [7, 11) is -3.31. The Balaban J connectivity index is 3.28. The molecule has 0 aliphatic heterocycles. The van der Waals surface area contributed by atoms with Gasteiger partial charge in [0.25, 0.3) is 0 Å². The van der Waals surface area contributed by atoms with Gasteiger partial charge in [0.1, 0.15) is 0 Å². The molecule has 1 aromatic rings. The van der Waals surface area contributed by atoms with Gasteiger partial charge in [-0.15, -0.1) is 0 Å². The molecule has 11 heteroatoms. The average molecular weight is 329 g/mol. The van der Waals surface area contributed by atoms with E-state index in [-0.39, 0.29) is 5.69 Å². The van der Waals surface area contributed by atoms with Crippen LogP contribution in [0.4, 0.5) is 5.69 Å². The van der Waals surface area contributed by atoms with Gasteiger partial charge in [-0.2, -0.15) is 0 Å². The SMILES string of the molecule is Cc1ccc([N+](=O)[O-])c(S(=O)(=O)CCS(=O)(=O)Cl)n1. The van der Waals surface area contributed by atoms with Gasteiger partial charge in [-0.25, -0.2) is 21.8 Å². The summed E-state index contributed by atoms with van der Waals surface area (Å²) in [5.74, 6) is -1.71. The van der Waals surface area contributed by atoms with Crippen LogP contribution >= 0.6 is 10.7 Å². The maximum atomic E-state index is 11.9. The summed E-state index contributed by atoms with van der Waals surface area (Å²) in [4.78, 5) is 13.4. The standard InChI is InChI=1S/C8H9ClN2O6S2/c1-6-2-3-7(11(12)13)8(10-6)18(14,15)4-5-19(9,16)17/h2-3H,4-5H2,1H3. The van der Waals surface area contributed by atoms with Crippen molar-refractivity contribution in [1.29, 1.82) is 0 Å². The largest absolute Gasteiger partial charge is 0.306 e. The van der Waals surface area contributed by atoms with Gasteiger partial charge in [-0.05, 0) is 13.0 Å². The van der Waals surface area contributed by atoms with Gasteiger partial charge in [-0.3, -0.25) is 10.1 Å². The van der Waals surface area contributed by atoms with E-state index >= 15 is 0 Å². The van der Waals surface area contributed by atoms with Crippen molar-refractivity contribution >= 4 is 35.3 Å². The van der Waals surface area contributed by atoms with Crippen molar-refractivity contribution in [1.82, 2.24) is 4.98 Å². The third-order valence-corrected chi connectivity index (χ3v) is 5.11. The van der Waals surface area contributed by atoms with Gasteiger partial charge in [0.05, 0.1) is 16.4 Å². The fraction of sp³-hybridized carbons (Fsp3) is 0.375. The van der Waals surface area contributed by atoms with E-state index in [1.54, 1.807) is 0 Å². The highest BCUT2D eigenvalue weighted by Crippen LogP contribution is 2.23. The molecule has 0 aliphatic rings. The first-order valence-corrected chi connectivity index (χ1v) is 8.93. The Labute approximate surface area is 113 Å². The van der Waals surface area contributed by atoms with E-state index in [4.69, 9.17) is 10.7 Å². The van der Waals surface area contributed by atoms with Gasteiger partial charge >= 0.3 is 5.69 Å². The molecule has 0 unspecified atom stereocenters. The molecule has 1 aromatic heterocycles. The van der Waals surface area contributed by atoms with E-state index in [0.717, 1.165) is 6.07 Å². The maximum absolute atomic E-state index is 11.9. The van der Waals surface area contributed by atoms with Crippen LogP contribution in [0.3, 0.4) is 0 Å². The monoisotopic (exact) mass is 328 g/mol. The first-order chi connectivity index (χ1) is 8.53. The molecule has 0 radical (unpaired) electrons. The third-order valence-electron chi connectivity index (χ3n) is 2.07. The number of pyridine rings is 1. The van der Waals surface area contributed by atoms with Gasteiger partial charge in [0.2, 0.25) is 23.9 Å². The van der Waals surface area contributed by atoms with Crippen LogP contribution in [0.5, 0.6) is 0 Å². The number of sulfone groups is 1. The van der Waals surface area contributed by atoms with Crippen molar-refractivity contribution in [3.63, 3.8) is 0 Å². The van der Waals surface area contributed by atoms with E-state index in [1.807, 2.05) is 0 Å². The second kappa shape index (κ2) is 5.39. The summed E-state index contributed by atoms with van der Waals surface area (Å²) in [6, 6.07) is 2.29. The van der Waals surface area contributed by atoms with Crippen LogP contribution in [0.25, 0.3) is 0 Å². The topological polar surface area (TPSA) is 124 Å². The fourth-order valence-electron chi connectivity index (χ4n) is 1.20. The van der Waals surface area contributed by atoms with Gasteiger partial charge in [0, 0.05) is 22.4 Å². The summed E-state index contributed by atoms with van der Waals surface area (Å²) in [6.45, 7) is 1.46. The van der Waals surface area contributed by atoms with Crippen molar-refractivity contribution in [2.24, 2.45) is 0 Å². The predicted octanol–water partition coefficient (Wildman–Crippen LogP) is 0.641. The van der Waals surface area contributed by atoms with Crippen molar-refractivity contribution < 1.29 is 21.8 Å². The van der Waals surface area contributed by atoms with Crippen LogP contribution in [0, 0.1) is 17.0 Å². The summed E-state index contributed by atoms with van der Waals surface area (Å²) < 4.78 is 45.2. The third kappa shape index (κ3) is 4.40. The molecule has 0 atom stereocenters. The Morgan fingerprint density at radius 3 is 2.32 bits per heavy atom. The molecule has 0 spiro atoms. The van der Waals surface area contributed by atoms with Crippen molar-refractivity contribution in [2.45, 2.75) is 11.9 Å². The number of hydrogen-bond donors (Lipinski definition) is 0. The van der Waals surface area contributed by atoms with Crippen LogP contribution in [-0.2, 0) is 18.9 Å². The summed E-state index contributed by atoms with van der Waals surface area (Å²) in [5.41, 5.74) is -0.435. The average Bonchev–Trinajstić information content (AvgIpc) is 2.25. The molecule has 8 nitrogen and oxygen atoms in total. The van der Waals surface area contributed by atoms with E-state index < -0.39 is 46.0 Å². The van der Waals surface area contributed by atoms with E-state index in [1.165, 1.54) is 13.0 Å².